The molecule has 0 heterocycles. The minimum Gasteiger partial charge on any atom is -0.352 e. The van der Waals surface area contributed by atoms with Gasteiger partial charge in [-0.05, 0) is 63.5 Å². The van der Waals surface area contributed by atoms with E-state index in [9.17, 15) is 13.2 Å². The number of hydrogen-bond acceptors (Lipinski definition) is 4. The molecule has 1 aromatic carbocycles. The van der Waals surface area contributed by atoms with Crippen LogP contribution in [0.15, 0.2) is 29.2 Å². The highest BCUT2D eigenvalue weighted by atomic mass is 32.2. The Morgan fingerprint density at radius 2 is 1.85 bits per heavy atom. The van der Waals surface area contributed by atoms with Crippen molar-refractivity contribution in [3.8, 4) is 0 Å². The van der Waals surface area contributed by atoms with E-state index in [4.69, 9.17) is 5.73 Å². The molecule has 2 saturated carbocycles. The predicted octanol–water partition coefficient (Wildman–Crippen LogP) is 1.75. The number of carbonyl (C=O) groups excluding carboxylic acids is 1. The van der Waals surface area contributed by atoms with Crippen LogP contribution >= 0.6 is 0 Å². The van der Waals surface area contributed by atoms with Crippen molar-refractivity contribution in [2.75, 3.05) is 0 Å². The van der Waals surface area contributed by atoms with Gasteiger partial charge >= 0.3 is 0 Å². The molecule has 4 atom stereocenters. The molecule has 2 aliphatic rings. The van der Waals surface area contributed by atoms with Gasteiger partial charge in [-0.15, -0.1) is 0 Å². The van der Waals surface area contributed by atoms with E-state index in [0.29, 0.717) is 17.4 Å². The van der Waals surface area contributed by atoms with Gasteiger partial charge in [-0.25, -0.2) is 13.1 Å². The van der Waals surface area contributed by atoms with E-state index in [1.807, 2.05) is 0 Å². The fraction of sp³-hybridized carbons (Fsp3) is 0.632. The Kier molecular flexibility index (Phi) is 5.16. The van der Waals surface area contributed by atoms with Crippen molar-refractivity contribution in [3.05, 3.63) is 29.8 Å². The zero-order chi connectivity index (χ0) is 19.1. The van der Waals surface area contributed by atoms with Crippen LogP contribution in [0.4, 0.5) is 0 Å². The van der Waals surface area contributed by atoms with Crippen molar-refractivity contribution >= 4 is 15.9 Å². The first-order chi connectivity index (χ1) is 12.1. The number of sulfonamides is 1. The van der Waals surface area contributed by atoms with Crippen molar-refractivity contribution in [2.24, 2.45) is 23.5 Å². The first-order valence-corrected chi connectivity index (χ1v) is 10.7. The SMILES string of the molecule is CC(C)(C)NS(=O)(=O)c1ccccc1CNC(=O)C1C2CCC(C2)C1N. The summed E-state index contributed by atoms with van der Waals surface area (Å²) in [5.74, 6) is 0.627. The van der Waals surface area contributed by atoms with Gasteiger partial charge in [-0.2, -0.15) is 0 Å². The number of amides is 1. The van der Waals surface area contributed by atoms with Crippen molar-refractivity contribution in [1.82, 2.24) is 10.0 Å². The monoisotopic (exact) mass is 379 g/mol. The van der Waals surface area contributed by atoms with E-state index in [0.717, 1.165) is 19.3 Å². The van der Waals surface area contributed by atoms with Gasteiger partial charge in [0.2, 0.25) is 15.9 Å². The summed E-state index contributed by atoms with van der Waals surface area (Å²) in [6.45, 7) is 5.57. The largest absolute Gasteiger partial charge is 0.352 e. The predicted molar refractivity (Wildman–Crippen MR) is 101 cm³/mol. The van der Waals surface area contributed by atoms with Gasteiger partial charge in [0.05, 0.1) is 10.8 Å². The highest BCUT2D eigenvalue weighted by molar-refractivity contribution is 7.89. The van der Waals surface area contributed by atoms with Crippen LogP contribution in [0.3, 0.4) is 0 Å². The summed E-state index contributed by atoms with van der Waals surface area (Å²) in [7, 11) is -3.66. The Labute approximate surface area is 156 Å². The minimum absolute atomic E-state index is 0.0549. The summed E-state index contributed by atoms with van der Waals surface area (Å²) in [6, 6.07) is 6.70. The Morgan fingerprint density at radius 1 is 1.19 bits per heavy atom. The van der Waals surface area contributed by atoms with Gasteiger partial charge in [0, 0.05) is 18.1 Å². The molecule has 2 aliphatic carbocycles. The van der Waals surface area contributed by atoms with Crippen LogP contribution in [0.5, 0.6) is 0 Å². The summed E-state index contributed by atoms with van der Waals surface area (Å²) in [5.41, 5.74) is 6.24. The molecule has 1 aromatic rings. The highest BCUT2D eigenvalue weighted by Gasteiger charge is 2.48. The van der Waals surface area contributed by atoms with Crippen LogP contribution in [0.2, 0.25) is 0 Å². The molecule has 2 bridgehead atoms. The molecule has 0 aromatic heterocycles. The standard InChI is InChI=1S/C19H29N3O3S/c1-19(2,3)22-26(24,25)15-7-5-4-6-14(15)11-21-18(23)16-12-8-9-13(10-12)17(16)20/h4-7,12-13,16-17,22H,8-11,20H2,1-3H3,(H,21,23). The topological polar surface area (TPSA) is 101 Å². The molecule has 2 fully saturated rings. The molecule has 0 saturated heterocycles. The maximum Gasteiger partial charge on any atom is 0.241 e. The molecule has 26 heavy (non-hydrogen) atoms. The summed E-state index contributed by atoms with van der Waals surface area (Å²) in [5, 5.41) is 2.92. The van der Waals surface area contributed by atoms with Crippen molar-refractivity contribution in [3.63, 3.8) is 0 Å². The van der Waals surface area contributed by atoms with E-state index >= 15 is 0 Å². The van der Waals surface area contributed by atoms with Crippen molar-refractivity contribution in [1.29, 1.82) is 0 Å². The normalized spacial score (nSPS) is 28.3. The van der Waals surface area contributed by atoms with Crippen LogP contribution in [0.1, 0.15) is 45.6 Å². The lowest BCUT2D eigenvalue weighted by Crippen LogP contribution is -2.45. The Morgan fingerprint density at radius 3 is 2.46 bits per heavy atom. The van der Waals surface area contributed by atoms with Crippen molar-refractivity contribution in [2.45, 2.75) is 63.1 Å². The smallest absolute Gasteiger partial charge is 0.241 e. The van der Waals surface area contributed by atoms with Crippen LogP contribution in [0.25, 0.3) is 0 Å². The van der Waals surface area contributed by atoms with Gasteiger partial charge < -0.3 is 11.1 Å². The average Bonchev–Trinajstić information content (AvgIpc) is 3.11. The fourth-order valence-corrected chi connectivity index (χ4v) is 6.05. The zero-order valence-corrected chi connectivity index (χ0v) is 16.5. The Bertz CT molecular complexity index is 783. The summed E-state index contributed by atoms with van der Waals surface area (Å²) >= 11 is 0. The Balaban J connectivity index is 1.72. The number of nitrogens with one attached hydrogen (secondary N) is 2. The van der Waals surface area contributed by atoms with Gasteiger partial charge in [0.1, 0.15) is 0 Å². The van der Waals surface area contributed by atoms with Crippen LogP contribution < -0.4 is 15.8 Å². The molecule has 6 nitrogen and oxygen atoms in total. The average molecular weight is 380 g/mol. The molecule has 1 amide bonds. The quantitative estimate of drug-likeness (QED) is 0.725. The molecule has 4 N–H and O–H groups in total. The molecule has 0 radical (unpaired) electrons. The molecule has 0 spiro atoms. The molecule has 4 unspecified atom stereocenters. The summed E-state index contributed by atoms with van der Waals surface area (Å²) in [6.07, 6.45) is 3.23. The molecular formula is C19H29N3O3S. The number of benzene rings is 1. The van der Waals surface area contributed by atoms with Crippen molar-refractivity contribution < 1.29 is 13.2 Å². The second-order valence-corrected chi connectivity index (χ2v) is 10.3. The zero-order valence-electron chi connectivity index (χ0n) is 15.7. The lowest BCUT2D eigenvalue weighted by Gasteiger charge is -2.27. The summed E-state index contributed by atoms with van der Waals surface area (Å²) < 4.78 is 28.0. The van der Waals surface area contributed by atoms with E-state index in [-0.39, 0.29) is 29.3 Å². The molecule has 144 valence electrons. The molecular weight excluding hydrogens is 350 g/mol. The number of hydrogen-bond donors (Lipinski definition) is 3. The second kappa shape index (κ2) is 6.94. The number of nitrogens with two attached hydrogens (primary N) is 1. The second-order valence-electron chi connectivity index (χ2n) is 8.62. The van der Waals surface area contributed by atoms with Gasteiger partial charge in [0.15, 0.2) is 0 Å². The lowest BCUT2D eigenvalue weighted by atomic mass is 9.84. The van der Waals surface area contributed by atoms with Gasteiger partial charge in [-0.3, -0.25) is 4.79 Å². The third-order valence-electron chi connectivity index (χ3n) is 5.44. The first-order valence-electron chi connectivity index (χ1n) is 9.24. The first kappa shape index (κ1) is 19.3. The number of rotatable bonds is 5. The number of fused-ring (bicyclic) bond motifs is 2. The third-order valence-corrected chi connectivity index (χ3v) is 7.30. The number of carbonyl (C=O) groups is 1. The van der Waals surface area contributed by atoms with Crippen LogP contribution in [-0.2, 0) is 21.4 Å². The van der Waals surface area contributed by atoms with Crippen LogP contribution in [-0.4, -0.2) is 25.9 Å². The maximum absolute atomic E-state index is 12.7. The molecule has 3 rings (SSSR count). The van der Waals surface area contributed by atoms with E-state index in [1.165, 1.54) is 0 Å². The molecule has 7 heteroatoms. The van der Waals surface area contributed by atoms with E-state index in [1.54, 1.807) is 45.0 Å². The van der Waals surface area contributed by atoms with E-state index < -0.39 is 15.6 Å². The van der Waals surface area contributed by atoms with Crippen LogP contribution in [0, 0.1) is 17.8 Å². The minimum atomic E-state index is -3.66. The fourth-order valence-electron chi connectivity index (χ4n) is 4.40. The van der Waals surface area contributed by atoms with Gasteiger partial charge in [0.25, 0.3) is 0 Å². The maximum atomic E-state index is 12.7. The lowest BCUT2D eigenvalue weighted by molar-refractivity contribution is -0.127. The summed E-state index contributed by atoms with van der Waals surface area (Å²) in [4.78, 5) is 12.9. The van der Waals surface area contributed by atoms with Gasteiger partial charge in [-0.1, -0.05) is 18.2 Å². The van der Waals surface area contributed by atoms with E-state index in [2.05, 4.69) is 10.0 Å². The third kappa shape index (κ3) is 3.94. The highest BCUT2D eigenvalue weighted by Crippen LogP contribution is 2.47. The Hall–Kier alpha value is -1.44. The molecule has 0 aliphatic heterocycles.